The second-order valence-electron chi connectivity index (χ2n) is 7.63. The third-order valence-electron chi connectivity index (χ3n) is 5.03. The summed E-state index contributed by atoms with van der Waals surface area (Å²) in [5, 5.41) is 9.64. The number of carbonyl (C=O) groups is 1. The first-order chi connectivity index (χ1) is 13.5. The Morgan fingerprint density at radius 1 is 1.25 bits per heavy atom. The van der Waals surface area contributed by atoms with Gasteiger partial charge in [0, 0.05) is 36.2 Å². The number of ketones is 1. The number of nitrogens with zero attached hydrogens (tertiary/aromatic N) is 1. The summed E-state index contributed by atoms with van der Waals surface area (Å²) >= 11 is 0. The Labute approximate surface area is 166 Å². The lowest BCUT2D eigenvalue weighted by atomic mass is 9.89. The predicted octanol–water partition coefficient (Wildman–Crippen LogP) is 4.28. The molecule has 2 aromatic rings. The molecule has 0 amide bonds. The van der Waals surface area contributed by atoms with Gasteiger partial charge in [0.1, 0.15) is 17.2 Å². The number of rotatable bonds is 7. The summed E-state index contributed by atoms with van der Waals surface area (Å²) in [6.07, 6.45) is 1.96. The molecule has 1 fully saturated rings. The van der Waals surface area contributed by atoms with E-state index in [1.165, 1.54) is 0 Å². The van der Waals surface area contributed by atoms with Gasteiger partial charge in [0.2, 0.25) is 0 Å². The van der Waals surface area contributed by atoms with Gasteiger partial charge < -0.3 is 14.6 Å². The summed E-state index contributed by atoms with van der Waals surface area (Å²) in [4.78, 5) is 15.4. The molecule has 1 atom stereocenters. The average molecular weight is 383 g/mol. The maximum absolute atomic E-state index is 13.1. The number of ether oxygens (including phenoxy) is 2. The van der Waals surface area contributed by atoms with Crippen LogP contribution >= 0.6 is 0 Å². The lowest BCUT2D eigenvalue weighted by Crippen LogP contribution is -2.38. The van der Waals surface area contributed by atoms with Crippen molar-refractivity contribution in [3.8, 4) is 17.2 Å². The van der Waals surface area contributed by atoms with Gasteiger partial charge in [0.25, 0.3) is 0 Å². The Morgan fingerprint density at radius 2 is 2.07 bits per heavy atom. The van der Waals surface area contributed by atoms with E-state index < -0.39 is 0 Å². The highest BCUT2D eigenvalue weighted by Crippen LogP contribution is 2.28. The zero-order chi connectivity index (χ0) is 20.1. The molecule has 0 aliphatic carbocycles. The van der Waals surface area contributed by atoms with Crippen LogP contribution in [0.4, 0.5) is 0 Å². The number of hydrogen-bond donors (Lipinski definition) is 1. The van der Waals surface area contributed by atoms with Crippen molar-refractivity contribution in [2.24, 2.45) is 5.92 Å². The van der Waals surface area contributed by atoms with Crippen LogP contribution in [0.2, 0.25) is 0 Å². The molecule has 2 aromatic carbocycles. The maximum Gasteiger partial charge on any atom is 0.167 e. The van der Waals surface area contributed by atoms with Crippen LogP contribution in [-0.4, -0.2) is 42.1 Å². The summed E-state index contributed by atoms with van der Waals surface area (Å²) < 4.78 is 11.1. The second kappa shape index (κ2) is 9.11. The van der Waals surface area contributed by atoms with Crippen LogP contribution in [0, 0.1) is 5.92 Å². The van der Waals surface area contributed by atoms with Gasteiger partial charge in [0.05, 0.1) is 13.2 Å². The van der Waals surface area contributed by atoms with Crippen LogP contribution in [0.3, 0.4) is 0 Å². The molecule has 0 spiro atoms. The van der Waals surface area contributed by atoms with Crippen LogP contribution in [0.1, 0.15) is 42.6 Å². The molecular formula is C23H29NO4. The van der Waals surface area contributed by atoms with E-state index in [4.69, 9.17) is 9.47 Å². The lowest BCUT2D eigenvalue weighted by Gasteiger charge is -2.32. The van der Waals surface area contributed by atoms with Crippen molar-refractivity contribution in [3.05, 3.63) is 53.6 Å². The van der Waals surface area contributed by atoms with E-state index in [1.54, 1.807) is 19.2 Å². The van der Waals surface area contributed by atoms with Crippen LogP contribution in [-0.2, 0) is 6.54 Å². The number of phenols is 1. The molecule has 1 aliphatic heterocycles. The quantitative estimate of drug-likeness (QED) is 0.723. The van der Waals surface area contributed by atoms with Crippen molar-refractivity contribution >= 4 is 5.78 Å². The van der Waals surface area contributed by atoms with Crippen LogP contribution in [0.25, 0.3) is 0 Å². The second-order valence-corrected chi connectivity index (χ2v) is 7.63. The maximum atomic E-state index is 13.1. The number of Topliss-reactive ketones (excluding diaryl/α,β-unsaturated/α-hetero) is 1. The Hall–Kier alpha value is -2.53. The lowest BCUT2D eigenvalue weighted by molar-refractivity contribution is 0.0810. The number of methoxy groups -OCH3 is 1. The van der Waals surface area contributed by atoms with Gasteiger partial charge in [-0.05, 0) is 51.4 Å². The van der Waals surface area contributed by atoms with E-state index in [2.05, 4.69) is 4.90 Å². The van der Waals surface area contributed by atoms with E-state index in [0.29, 0.717) is 17.9 Å². The number of phenolic OH excluding ortho intramolecular Hbond substituents is 1. The van der Waals surface area contributed by atoms with Crippen LogP contribution in [0.5, 0.6) is 17.2 Å². The molecule has 5 heteroatoms. The van der Waals surface area contributed by atoms with Crippen molar-refractivity contribution in [2.75, 3.05) is 20.2 Å². The topological polar surface area (TPSA) is 59.0 Å². The molecule has 0 radical (unpaired) electrons. The summed E-state index contributed by atoms with van der Waals surface area (Å²) in [7, 11) is 1.60. The Morgan fingerprint density at radius 3 is 2.82 bits per heavy atom. The summed E-state index contributed by atoms with van der Waals surface area (Å²) in [6.45, 7) is 6.32. The Balaban J connectivity index is 1.69. The average Bonchev–Trinajstić information content (AvgIpc) is 2.68. The van der Waals surface area contributed by atoms with E-state index in [1.807, 2.05) is 44.2 Å². The fourth-order valence-corrected chi connectivity index (χ4v) is 3.75. The molecule has 1 saturated heterocycles. The number of aromatic hydroxyl groups is 1. The van der Waals surface area contributed by atoms with Crippen molar-refractivity contribution in [2.45, 2.75) is 39.3 Å². The molecule has 1 aliphatic rings. The number of benzene rings is 2. The van der Waals surface area contributed by atoms with Gasteiger partial charge >= 0.3 is 0 Å². The fourth-order valence-electron chi connectivity index (χ4n) is 3.75. The van der Waals surface area contributed by atoms with E-state index in [9.17, 15) is 9.90 Å². The SMILES string of the molecule is COc1cc(O)ccc1CN1CCCC(C(=O)c2cccc(OC(C)C)c2)C1. The highest BCUT2D eigenvalue weighted by molar-refractivity contribution is 5.98. The smallest absolute Gasteiger partial charge is 0.167 e. The van der Waals surface area contributed by atoms with Crippen LogP contribution in [0.15, 0.2) is 42.5 Å². The molecule has 3 rings (SSSR count). The first kappa shape index (κ1) is 20.2. The normalized spacial score (nSPS) is 17.5. The summed E-state index contributed by atoms with van der Waals surface area (Å²) in [5.74, 6) is 1.76. The molecule has 0 saturated carbocycles. The third-order valence-corrected chi connectivity index (χ3v) is 5.03. The number of likely N-dealkylation sites (tertiary alicyclic amines) is 1. The standard InChI is InChI=1S/C23H29NO4/c1-16(2)28-21-8-4-6-17(12-21)23(26)19-7-5-11-24(15-19)14-18-9-10-20(25)13-22(18)27-3/h4,6,8-10,12-13,16,19,25H,5,7,11,14-15H2,1-3H3. The molecule has 0 bridgehead atoms. The zero-order valence-electron chi connectivity index (χ0n) is 16.9. The van der Waals surface area contributed by atoms with Gasteiger partial charge in [-0.25, -0.2) is 0 Å². The van der Waals surface area contributed by atoms with Crippen molar-refractivity contribution in [1.82, 2.24) is 4.90 Å². The predicted molar refractivity (Wildman–Crippen MR) is 109 cm³/mol. The first-order valence-electron chi connectivity index (χ1n) is 9.85. The molecule has 0 aromatic heterocycles. The molecule has 1 heterocycles. The number of carbonyl (C=O) groups excluding carboxylic acids is 1. The van der Waals surface area contributed by atoms with Gasteiger partial charge in [0.15, 0.2) is 5.78 Å². The minimum Gasteiger partial charge on any atom is -0.508 e. The molecule has 28 heavy (non-hydrogen) atoms. The molecule has 1 unspecified atom stereocenters. The first-order valence-corrected chi connectivity index (χ1v) is 9.85. The number of hydrogen-bond acceptors (Lipinski definition) is 5. The van der Waals surface area contributed by atoms with E-state index in [-0.39, 0.29) is 23.6 Å². The molecule has 150 valence electrons. The highest BCUT2D eigenvalue weighted by Gasteiger charge is 2.27. The zero-order valence-corrected chi connectivity index (χ0v) is 16.9. The highest BCUT2D eigenvalue weighted by atomic mass is 16.5. The Kier molecular flexibility index (Phi) is 6.57. The van der Waals surface area contributed by atoms with Gasteiger partial charge in [-0.15, -0.1) is 0 Å². The van der Waals surface area contributed by atoms with Crippen molar-refractivity contribution in [3.63, 3.8) is 0 Å². The van der Waals surface area contributed by atoms with Crippen molar-refractivity contribution < 1.29 is 19.4 Å². The van der Waals surface area contributed by atoms with Crippen molar-refractivity contribution in [1.29, 1.82) is 0 Å². The molecule has 5 nitrogen and oxygen atoms in total. The summed E-state index contributed by atoms with van der Waals surface area (Å²) in [6, 6.07) is 12.7. The Bertz CT molecular complexity index is 818. The minimum atomic E-state index is -0.0221. The number of piperidine rings is 1. The van der Waals surface area contributed by atoms with Gasteiger partial charge in [-0.3, -0.25) is 9.69 Å². The summed E-state index contributed by atoms with van der Waals surface area (Å²) in [5.41, 5.74) is 1.73. The third kappa shape index (κ3) is 5.04. The minimum absolute atomic E-state index is 0.0221. The molecular weight excluding hydrogens is 354 g/mol. The van der Waals surface area contributed by atoms with Gasteiger partial charge in [-0.2, -0.15) is 0 Å². The van der Waals surface area contributed by atoms with Gasteiger partial charge in [-0.1, -0.05) is 18.2 Å². The fraction of sp³-hybridized carbons (Fsp3) is 0.435. The van der Waals surface area contributed by atoms with Crippen LogP contribution < -0.4 is 9.47 Å². The van der Waals surface area contributed by atoms with E-state index in [0.717, 1.165) is 37.2 Å². The monoisotopic (exact) mass is 383 g/mol. The molecule has 1 N–H and O–H groups in total. The largest absolute Gasteiger partial charge is 0.508 e. The van der Waals surface area contributed by atoms with E-state index >= 15 is 0 Å².